The van der Waals surface area contributed by atoms with Crippen molar-refractivity contribution in [2.75, 3.05) is 74.1 Å². The molecule has 8 nitrogen and oxygen atoms in total. The molecule has 1 aromatic rings. The Morgan fingerprint density at radius 3 is 2.66 bits per heavy atom. The number of likely N-dealkylation sites (tertiary alicyclic amines) is 1. The molecule has 0 saturated carbocycles. The molecule has 1 N–H and O–H groups in total. The molecule has 9 heteroatoms. The highest BCUT2D eigenvalue weighted by Gasteiger charge is 2.22. The number of hydrogen-bond donors (Lipinski definition) is 1. The first-order chi connectivity index (χ1) is 15.0. The molecule has 2 rings (SSSR count). The van der Waals surface area contributed by atoms with Crippen molar-refractivity contribution < 1.29 is 13.9 Å². The molecule has 1 aliphatic rings. The molecule has 0 aromatic carbocycles. The van der Waals surface area contributed by atoms with E-state index in [1.165, 1.54) is 25.7 Å². The first kappa shape index (κ1) is 28.7. The summed E-state index contributed by atoms with van der Waals surface area (Å²) in [5, 5.41) is 3.44. The zero-order chi connectivity index (χ0) is 22.5. The number of rotatable bonds is 12. The van der Waals surface area contributed by atoms with Crippen LogP contribution in [-0.2, 0) is 16.0 Å². The predicted octanol–water partition coefficient (Wildman–Crippen LogP) is 2.54. The highest BCUT2D eigenvalue weighted by Crippen LogP contribution is 2.22. The average Bonchev–Trinajstić information content (AvgIpc) is 3.28. The van der Waals surface area contributed by atoms with Gasteiger partial charge in [0.1, 0.15) is 12.3 Å². The predicted molar refractivity (Wildman–Crippen MR) is 140 cm³/mol. The van der Waals surface area contributed by atoms with Crippen molar-refractivity contribution in [3.63, 3.8) is 0 Å². The summed E-state index contributed by atoms with van der Waals surface area (Å²) in [6, 6.07) is 3.88. The number of halogens is 1. The minimum atomic E-state index is 0. The molecular weight excluding hydrogens is 521 g/mol. The van der Waals surface area contributed by atoms with Crippen LogP contribution in [0.4, 0.5) is 0 Å². The minimum Gasteiger partial charge on any atom is -0.469 e. The number of carbonyl (C=O) groups excluding carboxylic acids is 1. The van der Waals surface area contributed by atoms with Crippen LogP contribution in [0, 0.1) is 5.92 Å². The van der Waals surface area contributed by atoms with Gasteiger partial charge in [-0.05, 0) is 57.3 Å². The van der Waals surface area contributed by atoms with Crippen LogP contribution in [0.5, 0.6) is 0 Å². The van der Waals surface area contributed by atoms with Gasteiger partial charge in [0.15, 0.2) is 5.96 Å². The van der Waals surface area contributed by atoms with Crippen LogP contribution in [0.3, 0.4) is 0 Å². The van der Waals surface area contributed by atoms with Gasteiger partial charge < -0.3 is 29.2 Å². The molecular formula is C23H42IN5O3. The zero-order valence-corrected chi connectivity index (χ0v) is 22.5. The van der Waals surface area contributed by atoms with E-state index in [1.54, 1.807) is 32.4 Å². The second-order valence-corrected chi connectivity index (χ2v) is 8.55. The second-order valence-electron chi connectivity index (χ2n) is 8.55. The Balaban J connectivity index is 0.00000512. The van der Waals surface area contributed by atoms with Crippen molar-refractivity contribution in [2.45, 2.75) is 32.1 Å². The molecule has 0 spiro atoms. The Morgan fingerprint density at radius 1 is 1.28 bits per heavy atom. The van der Waals surface area contributed by atoms with Gasteiger partial charge in [0.2, 0.25) is 5.91 Å². The number of nitrogens with one attached hydrogen (secondary N) is 1. The molecule has 32 heavy (non-hydrogen) atoms. The van der Waals surface area contributed by atoms with Crippen molar-refractivity contribution in [1.29, 1.82) is 0 Å². The number of nitrogens with zero attached hydrogens (tertiary/aromatic N) is 4. The third kappa shape index (κ3) is 11.0. The van der Waals surface area contributed by atoms with E-state index in [0.29, 0.717) is 0 Å². The van der Waals surface area contributed by atoms with Crippen molar-refractivity contribution in [1.82, 2.24) is 20.0 Å². The first-order valence-corrected chi connectivity index (χ1v) is 11.4. The molecule has 2 heterocycles. The number of carbonyl (C=O) groups is 1. The lowest BCUT2D eigenvalue weighted by Crippen LogP contribution is -2.46. The highest BCUT2D eigenvalue weighted by atomic mass is 127. The van der Waals surface area contributed by atoms with E-state index in [9.17, 15) is 4.79 Å². The van der Waals surface area contributed by atoms with Gasteiger partial charge in [0.05, 0.1) is 12.9 Å². The van der Waals surface area contributed by atoms with E-state index in [2.05, 4.69) is 27.2 Å². The summed E-state index contributed by atoms with van der Waals surface area (Å²) in [4.78, 5) is 22.9. The van der Waals surface area contributed by atoms with Crippen LogP contribution in [0.1, 0.15) is 31.4 Å². The van der Waals surface area contributed by atoms with Crippen molar-refractivity contribution in [3.05, 3.63) is 24.2 Å². The molecule has 1 aromatic heterocycles. The Hall–Kier alpha value is -1.33. The largest absolute Gasteiger partial charge is 0.469 e. The number of amides is 1. The number of guanidine groups is 1. The summed E-state index contributed by atoms with van der Waals surface area (Å²) in [5.41, 5.74) is 0. The number of ether oxygens (including phenoxy) is 1. The third-order valence-corrected chi connectivity index (χ3v) is 5.84. The standard InChI is InChI=1S/C23H41N5O3.HI/c1-26(2)22(29)19-25-23(24-12-9-21-8-6-17-31-21)28-14-10-20(11-15-28)7-5-13-27(3)16-18-30-4;/h6,8,17,20H,5,7,9-16,18-19H2,1-4H3,(H,24,25);1H. The molecule has 1 aliphatic heterocycles. The van der Waals surface area contributed by atoms with Gasteiger partial charge in [-0.1, -0.05) is 0 Å². The minimum absolute atomic E-state index is 0. The lowest BCUT2D eigenvalue weighted by atomic mass is 9.92. The fourth-order valence-corrected chi connectivity index (χ4v) is 3.75. The Labute approximate surface area is 210 Å². The zero-order valence-electron chi connectivity index (χ0n) is 20.2. The molecule has 0 radical (unpaired) electrons. The molecule has 0 aliphatic carbocycles. The monoisotopic (exact) mass is 563 g/mol. The summed E-state index contributed by atoms with van der Waals surface area (Å²) >= 11 is 0. The van der Waals surface area contributed by atoms with Crippen LogP contribution < -0.4 is 5.32 Å². The van der Waals surface area contributed by atoms with Crippen molar-refractivity contribution in [3.8, 4) is 0 Å². The van der Waals surface area contributed by atoms with Gasteiger partial charge in [-0.3, -0.25) is 4.79 Å². The lowest BCUT2D eigenvalue weighted by molar-refractivity contribution is -0.127. The van der Waals surface area contributed by atoms with Gasteiger partial charge in [-0.15, -0.1) is 24.0 Å². The molecule has 184 valence electrons. The van der Waals surface area contributed by atoms with Gasteiger partial charge >= 0.3 is 0 Å². The summed E-state index contributed by atoms with van der Waals surface area (Å²) in [5.74, 6) is 2.56. The number of piperidine rings is 1. The van der Waals surface area contributed by atoms with Crippen molar-refractivity contribution in [2.24, 2.45) is 10.9 Å². The van der Waals surface area contributed by atoms with Crippen LogP contribution in [0.15, 0.2) is 27.8 Å². The fraction of sp³-hybridized carbons (Fsp3) is 0.739. The molecule has 1 saturated heterocycles. The summed E-state index contributed by atoms with van der Waals surface area (Å²) in [7, 11) is 7.44. The van der Waals surface area contributed by atoms with Gasteiger partial charge in [0.25, 0.3) is 0 Å². The lowest BCUT2D eigenvalue weighted by Gasteiger charge is -2.34. The molecule has 1 amide bonds. The smallest absolute Gasteiger partial charge is 0.243 e. The number of aliphatic imine (C=N–C) groups is 1. The van der Waals surface area contributed by atoms with Crippen molar-refractivity contribution >= 4 is 35.8 Å². The van der Waals surface area contributed by atoms with Crippen LogP contribution in [0.2, 0.25) is 0 Å². The van der Waals surface area contributed by atoms with Gasteiger partial charge in [0, 0.05) is 53.8 Å². The molecule has 1 fully saturated rings. The quantitative estimate of drug-likeness (QED) is 0.240. The number of hydrogen-bond acceptors (Lipinski definition) is 5. The van der Waals surface area contributed by atoms with E-state index < -0.39 is 0 Å². The maximum Gasteiger partial charge on any atom is 0.243 e. The average molecular weight is 564 g/mol. The van der Waals surface area contributed by atoms with E-state index in [1.807, 2.05) is 12.1 Å². The SMILES string of the molecule is COCCN(C)CCCC1CCN(C(=NCC(=O)N(C)C)NCCc2ccco2)CC1.I. The van der Waals surface area contributed by atoms with Crippen LogP contribution in [-0.4, -0.2) is 101 Å². The maximum atomic E-state index is 12.0. The number of likely N-dealkylation sites (N-methyl/N-ethyl adjacent to an activating group) is 2. The van der Waals surface area contributed by atoms with E-state index in [4.69, 9.17) is 9.15 Å². The highest BCUT2D eigenvalue weighted by molar-refractivity contribution is 14.0. The Bertz CT molecular complexity index is 646. The molecule has 0 unspecified atom stereocenters. The number of methoxy groups -OCH3 is 1. The summed E-state index contributed by atoms with van der Waals surface area (Å²) < 4.78 is 10.6. The first-order valence-electron chi connectivity index (χ1n) is 11.4. The number of furan rings is 1. The Morgan fingerprint density at radius 2 is 2.03 bits per heavy atom. The molecule has 0 atom stereocenters. The topological polar surface area (TPSA) is 73.6 Å². The van der Waals surface area contributed by atoms with Crippen LogP contribution in [0.25, 0.3) is 0 Å². The summed E-state index contributed by atoms with van der Waals surface area (Å²) in [6.45, 7) is 5.77. The second kappa shape index (κ2) is 16.3. The third-order valence-electron chi connectivity index (χ3n) is 5.84. The van der Waals surface area contributed by atoms with E-state index >= 15 is 0 Å². The maximum absolute atomic E-state index is 12.0. The van der Waals surface area contributed by atoms with E-state index in [0.717, 1.165) is 63.4 Å². The van der Waals surface area contributed by atoms with E-state index in [-0.39, 0.29) is 36.4 Å². The van der Waals surface area contributed by atoms with Gasteiger partial charge in [-0.25, -0.2) is 4.99 Å². The summed E-state index contributed by atoms with van der Waals surface area (Å²) in [6.07, 6.45) is 7.32. The Kier molecular flexibility index (Phi) is 14.6. The molecule has 0 bridgehead atoms. The van der Waals surface area contributed by atoms with Crippen LogP contribution >= 0.6 is 24.0 Å². The normalized spacial score (nSPS) is 15.0. The fourth-order valence-electron chi connectivity index (χ4n) is 3.75. The van der Waals surface area contributed by atoms with Gasteiger partial charge in [-0.2, -0.15) is 0 Å².